The number of aromatic amines is 1. The topological polar surface area (TPSA) is 135 Å². The van der Waals surface area contributed by atoms with Crippen LogP contribution in [0.3, 0.4) is 0 Å². The third-order valence-corrected chi connectivity index (χ3v) is 11.2. The number of nitrogens with zero attached hydrogens (tertiary/aromatic N) is 9. The minimum Gasteiger partial charge on any atom is -0.471 e. The van der Waals surface area contributed by atoms with Gasteiger partial charge >= 0.3 is 0 Å². The lowest BCUT2D eigenvalue weighted by molar-refractivity contribution is 0.192. The molecule has 4 aliphatic rings. The van der Waals surface area contributed by atoms with Crippen LogP contribution in [0, 0.1) is 0 Å². The second-order valence-corrected chi connectivity index (χ2v) is 15.6. The summed E-state index contributed by atoms with van der Waals surface area (Å²) in [5.41, 5.74) is 7.49. The second kappa shape index (κ2) is 12.7. The number of hydrogen-bond acceptors (Lipinski definition) is 11. The number of piperazine rings is 1. The Bertz CT molecular complexity index is 2310. The number of pyridine rings is 4. The number of fused-ring (bicyclic) bond motifs is 2. The van der Waals surface area contributed by atoms with Gasteiger partial charge in [-0.05, 0) is 95.2 Å². The molecule has 6 aromatic rings. The summed E-state index contributed by atoms with van der Waals surface area (Å²) in [5, 5.41) is 16.7. The van der Waals surface area contributed by atoms with Gasteiger partial charge in [0.25, 0.3) is 0 Å². The van der Waals surface area contributed by atoms with Crippen LogP contribution in [0.15, 0.2) is 54.7 Å². The first-order chi connectivity index (χ1) is 25.9. The van der Waals surface area contributed by atoms with Crippen LogP contribution in [-0.2, 0) is 6.54 Å². The number of aromatic nitrogens is 8. The number of ether oxygens (including phenoxy) is 2. The number of hydrogen-bond donors (Lipinski definition) is 2. The molecule has 2 aliphatic carbocycles. The molecule has 8 heterocycles. The van der Waals surface area contributed by atoms with Gasteiger partial charge in [0.05, 0.1) is 23.3 Å². The molecule has 13 heteroatoms. The van der Waals surface area contributed by atoms with Crippen LogP contribution in [0.5, 0.6) is 11.8 Å². The average molecular weight is 712 g/mol. The molecule has 272 valence electrons. The van der Waals surface area contributed by atoms with Gasteiger partial charge in [0, 0.05) is 68.7 Å². The summed E-state index contributed by atoms with van der Waals surface area (Å²) in [6, 6.07) is 16.4. The lowest BCUT2D eigenvalue weighted by atomic mass is 10.1. The maximum Gasteiger partial charge on any atom is 0.214 e. The number of anilines is 2. The van der Waals surface area contributed by atoms with Gasteiger partial charge in [0.15, 0.2) is 0 Å². The highest BCUT2D eigenvalue weighted by Gasteiger charge is 2.41. The van der Waals surface area contributed by atoms with E-state index in [0.29, 0.717) is 18.3 Å². The molecule has 2 N–H and O–H groups in total. The lowest BCUT2D eigenvalue weighted by Crippen LogP contribution is -2.44. The van der Waals surface area contributed by atoms with E-state index in [1.807, 2.05) is 35.1 Å². The molecule has 2 saturated carbocycles. The lowest BCUT2D eigenvalue weighted by Gasteiger charge is -2.29. The van der Waals surface area contributed by atoms with E-state index < -0.39 is 0 Å². The van der Waals surface area contributed by atoms with Crippen molar-refractivity contribution in [3.05, 3.63) is 60.4 Å². The molecule has 0 aromatic carbocycles. The minimum atomic E-state index is -0.145. The summed E-state index contributed by atoms with van der Waals surface area (Å²) in [6.45, 7) is 10.3. The van der Waals surface area contributed by atoms with E-state index in [0.717, 1.165) is 127 Å². The Morgan fingerprint density at radius 2 is 1.40 bits per heavy atom. The average Bonchev–Trinajstić information content (AvgIpc) is 4.01. The minimum absolute atomic E-state index is 0.127. The first-order valence-corrected chi connectivity index (χ1v) is 19.2. The van der Waals surface area contributed by atoms with E-state index in [1.165, 1.54) is 19.3 Å². The molecule has 0 atom stereocenters. The summed E-state index contributed by atoms with van der Waals surface area (Å²) in [6.07, 6.45) is 9.69. The molecule has 0 unspecified atom stereocenters. The van der Waals surface area contributed by atoms with Crippen LogP contribution >= 0.6 is 0 Å². The molecule has 0 spiro atoms. The van der Waals surface area contributed by atoms with Crippen molar-refractivity contribution >= 4 is 33.7 Å². The highest BCUT2D eigenvalue weighted by molar-refractivity contribution is 5.92. The molecular formula is C40H45N11O2. The predicted molar refractivity (Wildman–Crippen MR) is 205 cm³/mol. The van der Waals surface area contributed by atoms with Gasteiger partial charge in [-0.25, -0.2) is 19.9 Å². The summed E-state index contributed by atoms with van der Waals surface area (Å²) in [4.78, 5) is 24.8. The van der Waals surface area contributed by atoms with Crippen molar-refractivity contribution < 1.29 is 9.47 Å². The Morgan fingerprint density at radius 3 is 2.15 bits per heavy atom. The van der Waals surface area contributed by atoms with Crippen LogP contribution in [-0.4, -0.2) is 90.4 Å². The van der Waals surface area contributed by atoms with E-state index in [4.69, 9.17) is 39.6 Å². The highest BCUT2D eigenvalue weighted by Crippen LogP contribution is 2.41. The first-order valence-electron chi connectivity index (χ1n) is 19.2. The molecule has 13 nitrogen and oxygen atoms in total. The first kappa shape index (κ1) is 32.4. The molecule has 0 bridgehead atoms. The summed E-state index contributed by atoms with van der Waals surface area (Å²) >= 11 is 0. The van der Waals surface area contributed by atoms with E-state index in [9.17, 15) is 0 Å². The summed E-state index contributed by atoms with van der Waals surface area (Å²) in [5.74, 6) is 3.15. The van der Waals surface area contributed by atoms with E-state index >= 15 is 0 Å². The monoisotopic (exact) mass is 711 g/mol. The molecule has 2 saturated heterocycles. The molecular weight excluding hydrogens is 667 g/mol. The molecule has 2 aliphatic heterocycles. The Morgan fingerprint density at radius 1 is 0.698 bits per heavy atom. The van der Waals surface area contributed by atoms with Gasteiger partial charge in [-0.15, -0.1) is 0 Å². The maximum absolute atomic E-state index is 6.36. The predicted octanol–water partition coefficient (Wildman–Crippen LogP) is 6.14. The van der Waals surface area contributed by atoms with Crippen molar-refractivity contribution in [3.63, 3.8) is 0 Å². The fourth-order valence-corrected chi connectivity index (χ4v) is 7.47. The number of H-pyrrole nitrogens is 1. The largest absolute Gasteiger partial charge is 0.471 e. The highest BCUT2D eigenvalue weighted by atomic mass is 16.5. The SMILES string of the molecule is CC1(Oc2ccc3[nH]nc(-c4cc(Cn5nc(-c6ccnc(N7CCCCC7)c6)c6nc(OC7(C)CC7)ccc65)nc(N5CCNCC5)c4)c3n2)CC1. The maximum atomic E-state index is 6.36. The Labute approximate surface area is 308 Å². The Hall–Kier alpha value is -5.30. The van der Waals surface area contributed by atoms with Crippen LogP contribution in [0.25, 0.3) is 44.6 Å². The second-order valence-electron chi connectivity index (χ2n) is 15.6. The van der Waals surface area contributed by atoms with Gasteiger partial charge in [0.1, 0.15) is 45.3 Å². The molecule has 10 rings (SSSR count). The zero-order valence-corrected chi connectivity index (χ0v) is 30.4. The standard InChI is InChI=1S/C40H45N11O2/c1-39(11-12-39)52-33-8-6-29-37(44-33)35(47-46-29)27-22-28(43-32(24-27)50-20-16-41-17-21-50)25-51-30-7-9-34(53-40(2)13-14-40)45-38(30)36(48-51)26-10-15-42-31(23-26)49-18-4-3-5-19-49/h6-10,15,22-24,41H,3-5,11-14,16-21,25H2,1-2H3,(H,46,47). The van der Waals surface area contributed by atoms with Crippen LogP contribution in [0.4, 0.5) is 11.6 Å². The van der Waals surface area contributed by atoms with Gasteiger partial charge in [-0.3, -0.25) is 9.78 Å². The number of rotatable bonds is 10. The van der Waals surface area contributed by atoms with Crippen molar-refractivity contribution in [2.45, 2.75) is 76.5 Å². The van der Waals surface area contributed by atoms with Crippen molar-refractivity contribution in [2.24, 2.45) is 0 Å². The summed E-state index contributed by atoms with van der Waals surface area (Å²) in [7, 11) is 0. The normalized spacial score (nSPS) is 19.1. The fraction of sp³-hybridized carbons (Fsp3) is 0.450. The van der Waals surface area contributed by atoms with Crippen molar-refractivity contribution in [1.82, 2.24) is 45.2 Å². The molecule has 6 aromatic heterocycles. The molecule has 53 heavy (non-hydrogen) atoms. The zero-order chi connectivity index (χ0) is 35.6. The molecule has 0 radical (unpaired) electrons. The van der Waals surface area contributed by atoms with Gasteiger partial charge in [-0.1, -0.05) is 0 Å². The van der Waals surface area contributed by atoms with Crippen molar-refractivity contribution in [2.75, 3.05) is 49.1 Å². The van der Waals surface area contributed by atoms with Crippen LogP contribution in [0.1, 0.15) is 64.5 Å². The third-order valence-electron chi connectivity index (χ3n) is 11.2. The van der Waals surface area contributed by atoms with Crippen molar-refractivity contribution in [3.8, 4) is 34.3 Å². The summed E-state index contributed by atoms with van der Waals surface area (Å²) < 4.78 is 14.6. The third kappa shape index (κ3) is 6.51. The fourth-order valence-electron chi connectivity index (χ4n) is 7.47. The quantitative estimate of drug-likeness (QED) is 0.170. The van der Waals surface area contributed by atoms with Crippen LogP contribution in [0.2, 0.25) is 0 Å². The van der Waals surface area contributed by atoms with E-state index in [-0.39, 0.29) is 11.2 Å². The molecule has 0 amide bonds. The van der Waals surface area contributed by atoms with Gasteiger partial charge in [-0.2, -0.15) is 10.2 Å². The molecule has 4 fully saturated rings. The Kier molecular flexibility index (Phi) is 7.74. The van der Waals surface area contributed by atoms with Crippen molar-refractivity contribution in [1.29, 1.82) is 0 Å². The van der Waals surface area contributed by atoms with Gasteiger partial charge in [0.2, 0.25) is 11.8 Å². The smallest absolute Gasteiger partial charge is 0.214 e. The van der Waals surface area contributed by atoms with Crippen LogP contribution < -0.4 is 24.6 Å². The van der Waals surface area contributed by atoms with E-state index in [2.05, 4.69) is 58.3 Å². The number of nitrogens with one attached hydrogen (secondary N) is 2. The Balaban J connectivity index is 1.06. The zero-order valence-electron chi connectivity index (χ0n) is 30.4. The number of piperidine rings is 1. The van der Waals surface area contributed by atoms with E-state index in [1.54, 1.807) is 0 Å². The van der Waals surface area contributed by atoms with Gasteiger partial charge < -0.3 is 24.6 Å².